The van der Waals surface area contributed by atoms with Crippen molar-refractivity contribution >= 4 is 0 Å². The largest absolute Gasteiger partial charge is 0.493 e. The molecular weight excluding hydrogens is 208 g/mol. The molecule has 1 aromatic carbocycles. The third-order valence-corrected chi connectivity index (χ3v) is 2.53. The lowest BCUT2D eigenvalue weighted by Gasteiger charge is -2.18. The molecule has 2 atom stereocenters. The van der Waals surface area contributed by atoms with Crippen LogP contribution in [0.4, 0.5) is 0 Å². The van der Waals surface area contributed by atoms with Crippen LogP contribution in [0.5, 0.6) is 11.5 Å². The Hall–Kier alpha value is -1.26. The summed E-state index contributed by atoms with van der Waals surface area (Å²) < 4.78 is 10.2. The standard InChI is InChI=1S/C12H18O4/c1-4-9(13)12(14)8-5-6-10(15-2)11(7-8)16-3/h5-7,9,12-14H,4H2,1-3H3. The molecule has 0 aliphatic heterocycles. The Kier molecular flexibility index (Phi) is 4.58. The molecule has 16 heavy (non-hydrogen) atoms. The van der Waals surface area contributed by atoms with Crippen LogP contribution < -0.4 is 9.47 Å². The summed E-state index contributed by atoms with van der Waals surface area (Å²) in [4.78, 5) is 0. The molecule has 0 fully saturated rings. The number of rotatable bonds is 5. The Morgan fingerprint density at radius 1 is 1.12 bits per heavy atom. The minimum Gasteiger partial charge on any atom is -0.493 e. The highest BCUT2D eigenvalue weighted by Gasteiger charge is 2.18. The monoisotopic (exact) mass is 226 g/mol. The van der Waals surface area contributed by atoms with E-state index in [9.17, 15) is 10.2 Å². The lowest BCUT2D eigenvalue weighted by atomic mass is 10.0. The number of methoxy groups -OCH3 is 2. The fraction of sp³-hybridized carbons (Fsp3) is 0.500. The number of hydrogen-bond acceptors (Lipinski definition) is 4. The summed E-state index contributed by atoms with van der Waals surface area (Å²) in [6.45, 7) is 1.81. The normalized spacial score (nSPS) is 14.3. The van der Waals surface area contributed by atoms with E-state index in [0.717, 1.165) is 0 Å². The number of hydrogen-bond donors (Lipinski definition) is 2. The second kappa shape index (κ2) is 5.72. The quantitative estimate of drug-likeness (QED) is 0.799. The van der Waals surface area contributed by atoms with Crippen LogP contribution in [0.2, 0.25) is 0 Å². The molecular formula is C12H18O4. The average molecular weight is 226 g/mol. The topological polar surface area (TPSA) is 58.9 Å². The van der Waals surface area contributed by atoms with Crippen molar-refractivity contribution in [1.82, 2.24) is 0 Å². The van der Waals surface area contributed by atoms with Gasteiger partial charge in [0, 0.05) is 0 Å². The van der Waals surface area contributed by atoms with Gasteiger partial charge >= 0.3 is 0 Å². The van der Waals surface area contributed by atoms with Crippen molar-refractivity contribution in [1.29, 1.82) is 0 Å². The molecule has 0 spiro atoms. The molecule has 1 rings (SSSR count). The molecule has 4 nitrogen and oxygen atoms in total. The zero-order valence-corrected chi connectivity index (χ0v) is 9.80. The van der Waals surface area contributed by atoms with Crippen molar-refractivity contribution in [2.24, 2.45) is 0 Å². The molecule has 0 amide bonds. The Morgan fingerprint density at radius 3 is 2.25 bits per heavy atom. The predicted octanol–water partition coefficient (Wildman–Crippen LogP) is 1.51. The van der Waals surface area contributed by atoms with Crippen molar-refractivity contribution in [3.63, 3.8) is 0 Å². The molecule has 0 aromatic heterocycles. The second-order valence-corrected chi connectivity index (χ2v) is 3.53. The number of aliphatic hydroxyl groups excluding tert-OH is 2. The maximum atomic E-state index is 9.83. The first-order valence-electron chi connectivity index (χ1n) is 5.22. The van der Waals surface area contributed by atoms with Gasteiger partial charge < -0.3 is 19.7 Å². The molecule has 2 unspecified atom stereocenters. The van der Waals surface area contributed by atoms with Crippen LogP contribution in [0.1, 0.15) is 25.0 Å². The Labute approximate surface area is 95.4 Å². The Morgan fingerprint density at radius 2 is 1.75 bits per heavy atom. The first kappa shape index (κ1) is 12.8. The van der Waals surface area contributed by atoms with E-state index in [1.54, 1.807) is 25.3 Å². The zero-order valence-electron chi connectivity index (χ0n) is 9.80. The minimum atomic E-state index is -0.898. The van der Waals surface area contributed by atoms with Gasteiger partial charge in [0.1, 0.15) is 6.10 Å². The van der Waals surface area contributed by atoms with E-state index < -0.39 is 12.2 Å². The number of benzene rings is 1. The number of ether oxygens (including phenoxy) is 2. The van der Waals surface area contributed by atoms with E-state index in [0.29, 0.717) is 23.5 Å². The van der Waals surface area contributed by atoms with Crippen LogP contribution in [-0.4, -0.2) is 30.5 Å². The molecule has 1 aromatic rings. The highest BCUT2D eigenvalue weighted by atomic mass is 16.5. The van der Waals surface area contributed by atoms with Gasteiger partial charge in [-0.25, -0.2) is 0 Å². The Bertz CT molecular complexity index is 338. The second-order valence-electron chi connectivity index (χ2n) is 3.53. The third-order valence-electron chi connectivity index (χ3n) is 2.53. The van der Waals surface area contributed by atoms with Crippen LogP contribution >= 0.6 is 0 Å². The van der Waals surface area contributed by atoms with Gasteiger partial charge in [-0.2, -0.15) is 0 Å². The molecule has 0 saturated heterocycles. The molecule has 4 heteroatoms. The minimum absolute atomic E-state index is 0.496. The van der Waals surface area contributed by atoms with E-state index in [1.165, 1.54) is 7.11 Å². The molecule has 0 saturated carbocycles. The smallest absolute Gasteiger partial charge is 0.161 e. The molecule has 0 radical (unpaired) electrons. The van der Waals surface area contributed by atoms with Crippen LogP contribution in [0.3, 0.4) is 0 Å². The molecule has 0 aliphatic carbocycles. The van der Waals surface area contributed by atoms with Gasteiger partial charge in [-0.3, -0.25) is 0 Å². The van der Waals surface area contributed by atoms with Crippen LogP contribution in [0.15, 0.2) is 18.2 Å². The van der Waals surface area contributed by atoms with Crippen molar-refractivity contribution < 1.29 is 19.7 Å². The maximum Gasteiger partial charge on any atom is 0.161 e. The van der Waals surface area contributed by atoms with Gasteiger partial charge in [0.05, 0.1) is 20.3 Å². The fourth-order valence-electron chi connectivity index (χ4n) is 1.48. The van der Waals surface area contributed by atoms with Crippen LogP contribution in [0.25, 0.3) is 0 Å². The molecule has 90 valence electrons. The van der Waals surface area contributed by atoms with E-state index >= 15 is 0 Å². The van der Waals surface area contributed by atoms with Gasteiger partial charge in [-0.15, -0.1) is 0 Å². The highest BCUT2D eigenvalue weighted by Crippen LogP contribution is 2.31. The summed E-state index contributed by atoms with van der Waals surface area (Å²) >= 11 is 0. The van der Waals surface area contributed by atoms with Gasteiger partial charge in [0.2, 0.25) is 0 Å². The first-order valence-corrected chi connectivity index (χ1v) is 5.22. The van der Waals surface area contributed by atoms with E-state index in [4.69, 9.17) is 9.47 Å². The van der Waals surface area contributed by atoms with Gasteiger partial charge in [-0.1, -0.05) is 13.0 Å². The lowest BCUT2D eigenvalue weighted by Crippen LogP contribution is -2.16. The highest BCUT2D eigenvalue weighted by molar-refractivity contribution is 5.43. The van der Waals surface area contributed by atoms with Crippen LogP contribution in [0, 0.1) is 0 Å². The van der Waals surface area contributed by atoms with E-state index in [2.05, 4.69) is 0 Å². The van der Waals surface area contributed by atoms with Crippen LogP contribution in [-0.2, 0) is 0 Å². The zero-order chi connectivity index (χ0) is 12.1. The third kappa shape index (κ3) is 2.65. The fourth-order valence-corrected chi connectivity index (χ4v) is 1.48. The van der Waals surface area contributed by atoms with Gasteiger partial charge in [-0.05, 0) is 24.1 Å². The van der Waals surface area contributed by atoms with Gasteiger partial charge in [0.25, 0.3) is 0 Å². The van der Waals surface area contributed by atoms with Crippen molar-refractivity contribution in [3.8, 4) is 11.5 Å². The average Bonchev–Trinajstić information content (AvgIpc) is 2.35. The molecule has 0 bridgehead atoms. The molecule has 0 aliphatic rings. The van der Waals surface area contributed by atoms with Gasteiger partial charge in [0.15, 0.2) is 11.5 Å². The van der Waals surface area contributed by atoms with E-state index in [1.807, 2.05) is 6.92 Å². The summed E-state index contributed by atoms with van der Waals surface area (Å²) in [6, 6.07) is 5.09. The summed E-state index contributed by atoms with van der Waals surface area (Å²) in [7, 11) is 3.08. The van der Waals surface area contributed by atoms with Crippen molar-refractivity contribution in [3.05, 3.63) is 23.8 Å². The van der Waals surface area contributed by atoms with E-state index in [-0.39, 0.29) is 0 Å². The SMILES string of the molecule is CCC(O)C(O)c1ccc(OC)c(OC)c1. The molecule has 2 N–H and O–H groups in total. The summed E-state index contributed by atoms with van der Waals surface area (Å²) in [6.07, 6.45) is -1.17. The maximum absolute atomic E-state index is 9.83. The first-order chi connectivity index (χ1) is 7.63. The molecule has 0 heterocycles. The lowest BCUT2D eigenvalue weighted by molar-refractivity contribution is 0.0163. The Balaban J connectivity index is 2.98. The van der Waals surface area contributed by atoms with Crippen molar-refractivity contribution in [2.45, 2.75) is 25.6 Å². The van der Waals surface area contributed by atoms with Crippen molar-refractivity contribution in [2.75, 3.05) is 14.2 Å². The number of aliphatic hydroxyl groups is 2. The predicted molar refractivity (Wildman–Crippen MR) is 60.8 cm³/mol. The summed E-state index contributed by atoms with van der Waals surface area (Å²) in [5.41, 5.74) is 0.618. The summed E-state index contributed by atoms with van der Waals surface area (Å²) in [5.74, 6) is 1.15. The summed E-state index contributed by atoms with van der Waals surface area (Å²) in [5, 5.41) is 19.4.